The predicted octanol–water partition coefficient (Wildman–Crippen LogP) is 11.9. The predicted molar refractivity (Wildman–Crippen MR) is 189 cm³/mol. The molecule has 0 saturated heterocycles. The molecule has 0 radical (unpaired) electrons. The molecule has 44 heavy (non-hydrogen) atoms. The average Bonchev–Trinajstić information content (AvgIpc) is 3.03. The van der Waals surface area contributed by atoms with Gasteiger partial charge in [0.25, 0.3) is 0 Å². The van der Waals surface area contributed by atoms with Crippen molar-refractivity contribution >= 4 is 11.9 Å². The van der Waals surface area contributed by atoms with Gasteiger partial charge in [-0.25, -0.2) is 0 Å². The summed E-state index contributed by atoms with van der Waals surface area (Å²) in [5.74, 6) is -0.663. The lowest BCUT2D eigenvalue weighted by molar-refractivity contribution is -0.146. The highest BCUT2D eigenvalue weighted by atomic mass is 16.5. The second kappa shape index (κ2) is 36.4. The fourth-order valence-corrected chi connectivity index (χ4v) is 5.88. The van der Waals surface area contributed by atoms with Crippen LogP contribution in [0.15, 0.2) is 0 Å². The molecule has 0 amide bonds. The molecule has 0 aliphatic rings. The summed E-state index contributed by atoms with van der Waals surface area (Å²) in [6.07, 6.45) is 40.0. The van der Waals surface area contributed by atoms with Crippen LogP contribution in [0, 0.1) is 0 Å². The maximum absolute atomic E-state index is 12.1. The summed E-state index contributed by atoms with van der Waals surface area (Å²) >= 11 is 0. The lowest BCUT2D eigenvalue weighted by atomic mass is 10.0. The first-order valence-electron chi connectivity index (χ1n) is 19.7. The van der Waals surface area contributed by atoms with Crippen molar-refractivity contribution in [3.63, 3.8) is 0 Å². The summed E-state index contributed by atoms with van der Waals surface area (Å²) in [5.41, 5.74) is 5.93. The number of unbranched alkanes of at least 4 members (excludes halogenated alkanes) is 28. The van der Waals surface area contributed by atoms with E-state index in [0.717, 1.165) is 25.7 Å². The van der Waals surface area contributed by atoms with Crippen molar-refractivity contribution in [1.82, 2.24) is 0 Å². The van der Waals surface area contributed by atoms with Crippen LogP contribution in [0.3, 0.4) is 0 Å². The van der Waals surface area contributed by atoms with Gasteiger partial charge in [-0.3, -0.25) is 9.59 Å². The SMILES string of the molecule is CCCCCCCCCCCCCCCCCCCCCCOC(=O)[C@@H](N)CCC(=O)OCCCCCCCCCCCC. The molecule has 0 fully saturated rings. The summed E-state index contributed by atoms with van der Waals surface area (Å²) < 4.78 is 10.6. The summed E-state index contributed by atoms with van der Waals surface area (Å²) in [5, 5.41) is 0. The molecule has 0 aromatic rings. The summed E-state index contributed by atoms with van der Waals surface area (Å²) in [6, 6.07) is -0.745. The van der Waals surface area contributed by atoms with E-state index in [1.165, 1.54) is 167 Å². The van der Waals surface area contributed by atoms with Gasteiger partial charge in [0.2, 0.25) is 0 Å². The normalized spacial score (nSPS) is 12.0. The molecular weight excluding hydrogens is 546 g/mol. The van der Waals surface area contributed by atoms with Crippen LogP contribution in [0.1, 0.15) is 219 Å². The Morgan fingerprint density at radius 1 is 0.432 bits per heavy atom. The third kappa shape index (κ3) is 33.8. The summed E-state index contributed by atoms with van der Waals surface area (Å²) in [4.78, 5) is 24.1. The largest absolute Gasteiger partial charge is 0.466 e. The molecule has 0 aliphatic heterocycles. The quantitative estimate of drug-likeness (QED) is 0.0555. The number of carbonyl (C=O) groups excluding carboxylic acids is 2. The van der Waals surface area contributed by atoms with Crippen LogP contribution in [0.25, 0.3) is 0 Å². The minimum Gasteiger partial charge on any atom is -0.466 e. The monoisotopic (exact) mass is 624 g/mol. The van der Waals surface area contributed by atoms with E-state index in [0.29, 0.717) is 13.2 Å². The molecule has 2 N–H and O–H groups in total. The first kappa shape index (κ1) is 42.9. The van der Waals surface area contributed by atoms with E-state index in [1.807, 2.05) is 0 Å². The Hall–Kier alpha value is -1.10. The number of hydrogen-bond donors (Lipinski definition) is 1. The zero-order valence-corrected chi connectivity index (χ0v) is 29.8. The number of hydrogen-bond acceptors (Lipinski definition) is 5. The van der Waals surface area contributed by atoms with E-state index in [1.54, 1.807) is 0 Å². The third-order valence-corrected chi connectivity index (χ3v) is 8.97. The Labute approximate surface area is 274 Å². The molecule has 0 heterocycles. The highest BCUT2D eigenvalue weighted by Crippen LogP contribution is 2.15. The van der Waals surface area contributed by atoms with Crippen LogP contribution < -0.4 is 5.73 Å². The maximum atomic E-state index is 12.1. The van der Waals surface area contributed by atoms with Crippen LogP contribution in [-0.2, 0) is 19.1 Å². The Bertz CT molecular complexity index is 597. The number of carbonyl (C=O) groups is 2. The molecular formula is C39H77NO4. The Morgan fingerprint density at radius 3 is 1.02 bits per heavy atom. The van der Waals surface area contributed by atoms with Gasteiger partial charge in [0, 0.05) is 6.42 Å². The van der Waals surface area contributed by atoms with Gasteiger partial charge in [-0.15, -0.1) is 0 Å². The minimum atomic E-state index is -0.745. The van der Waals surface area contributed by atoms with Crippen LogP contribution in [-0.4, -0.2) is 31.2 Å². The fourth-order valence-electron chi connectivity index (χ4n) is 5.88. The first-order chi connectivity index (χ1) is 21.6. The molecule has 5 heteroatoms. The Kier molecular flexibility index (Phi) is 35.5. The molecule has 262 valence electrons. The molecule has 0 unspecified atom stereocenters. The third-order valence-electron chi connectivity index (χ3n) is 8.97. The van der Waals surface area contributed by atoms with Crippen molar-refractivity contribution in [3.05, 3.63) is 0 Å². The molecule has 0 aromatic carbocycles. The van der Waals surface area contributed by atoms with E-state index < -0.39 is 12.0 Å². The van der Waals surface area contributed by atoms with Crippen LogP contribution in [0.2, 0.25) is 0 Å². The minimum absolute atomic E-state index is 0.174. The number of ether oxygens (including phenoxy) is 2. The van der Waals surface area contributed by atoms with Crippen LogP contribution >= 0.6 is 0 Å². The molecule has 0 rings (SSSR count). The smallest absolute Gasteiger partial charge is 0.322 e. The molecule has 0 saturated carbocycles. The van der Waals surface area contributed by atoms with Crippen LogP contribution in [0.4, 0.5) is 0 Å². The van der Waals surface area contributed by atoms with E-state index in [2.05, 4.69) is 13.8 Å². The Balaban J connectivity index is 3.35. The second-order valence-corrected chi connectivity index (χ2v) is 13.4. The molecule has 5 nitrogen and oxygen atoms in total. The summed E-state index contributed by atoms with van der Waals surface area (Å²) in [6.45, 7) is 5.43. The molecule has 0 aliphatic carbocycles. The lowest BCUT2D eigenvalue weighted by Gasteiger charge is -2.11. The maximum Gasteiger partial charge on any atom is 0.322 e. The lowest BCUT2D eigenvalue weighted by Crippen LogP contribution is -2.33. The van der Waals surface area contributed by atoms with E-state index in [4.69, 9.17) is 15.2 Å². The van der Waals surface area contributed by atoms with Crippen molar-refractivity contribution in [1.29, 1.82) is 0 Å². The van der Waals surface area contributed by atoms with E-state index in [-0.39, 0.29) is 18.8 Å². The van der Waals surface area contributed by atoms with Crippen molar-refractivity contribution in [2.24, 2.45) is 5.73 Å². The fraction of sp³-hybridized carbons (Fsp3) is 0.949. The van der Waals surface area contributed by atoms with Gasteiger partial charge in [-0.05, 0) is 19.3 Å². The van der Waals surface area contributed by atoms with Gasteiger partial charge in [0.1, 0.15) is 6.04 Å². The van der Waals surface area contributed by atoms with Crippen molar-refractivity contribution in [2.45, 2.75) is 225 Å². The molecule has 0 bridgehead atoms. The van der Waals surface area contributed by atoms with Crippen molar-refractivity contribution in [3.8, 4) is 0 Å². The number of rotatable bonds is 36. The molecule has 1 atom stereocenters. The number of nitrogens with two attached hydrogens (primary N) is 1. The van der Waals surface area contributed by atoms with Crippen LogP contribution in [0.5, 0.6) is 0 Å². The second-order valence-electron chi connectivity index (χ2n) is 13.4. The Morgan fingerprint density at radius 2 is 0.705 bits per heavy atom. The van der Waals surface area contributed by atoms with Gasteiger partial charge in [-0.2, -0.15) is 0 Å². The molecule has 0 aromatic heterocycles. The average molecular weight is 624 g/mol. The first-order valence-corrected chi connectivity index (χ1v) is 19.7. The highest BCUT2D eigenvalue weighted by Gasteiger charge is 2.17. The van der Waals surface area contributed by atoms with E-state index in [9.17, 15) is 9.59 Å². The van der Waals surface area contributed by atoms with Gasteiger partial charge < -0.3 is 15.2 Å². The van der Waals surface area contributed by atoms with Gasteiger partial charge >= 0.3 is 11.9 Å². The van der Waals surface area contributed by atoms with Crippen molar-refractivity contribution in [2.75, 3.05) is 13.2 Å². The molecule has 0 spiro atoms. The van der Waals surface area contributed by atoms with Crippen molar-refractivity contribution < 1.29 is 19.1 Å². The van der Waals surface area contributed by atoms with Gasteiger partial charge in [0.15, 0.2) is 0 Å². The highest BCUT2D eigenvalue weighted by molar-refractivity contribution is 5.77. The number of esters is 2. The van der Waals surface area contributed by atoms with Gasteiger partial charge in [0.05, 0.1) is 13.2 Å². The van der Waals surface area contributed by atoms with Gasteiger partial charge in [-0.1, -0.05) is 194 Å². The topological polar surface area (TPSA) is 78.6 Å². The zero-order chi connectivity index (χ0) is 32.2. The summed E-state index contributed by atoms with van der Waals surface area (Å²) in [7, 11) is 0. The van der Waals surface area contributed by atoms with E-state index >= 15 is 0 Å². The zero-order valence-electron chi connectivity index (χ0n) is 29.8. The standard InChI is InChI=1S/C39H77NO4/c1-3-5-7-9-11-13-15-16-17-18-19-20-21-22-23-24-26-28-30-32-36-44-39(42)37(40)33-34-38(41)43-35-31-29-27-25-14-12-10-8-6-4-2/h37H,3-36,40H2,1-2H3/t37-/m0/s1.